The summed E-state index contributed by atoms with van der Waals surface area (Å²) >= 11 is 0. The monoisotopic (exact) mass is 445 g/mol. The number of carbonyl (C=O) groups excluding carboxylic acids is 1. The van der Waals surface area contributed by atoms with Crippen LogP contribution in [0, 0.1) is 13.8 Å². The van der Waals surface area contributed by atoms with Gasteiger partial charge < -0.3 is 20.3 Å². The van der Waals surface area contributed by atoms with Crippen molar-refractivity contribution in [2.24, 2.45) is 0 Å². The van der Waals surface area contributed by atoms with Crippen molar-refractivity contribution >= 4 is 23.2 Å². The molecular weight excluding hydrogens is 414 g/mol. The van der Waals surface area contributed by atoms with Gasteiger partial charge in [-0.1, -0.05) is 24.3 Å². The molecule has 172 valence electrons. The van der Waals surface area contributed by atoms with Crippen LogP contribution >= 0.6 is 0 Å². The maximum Gasteiger partial charge on any atom is 0.323 e. The number of hydrogen-bond acceptors (Lipinski definition) is 5. The largest absolute Gasteiger partial charge is 0.497 e. The van der Waals surface area contributed by atoms with Crippen LogP contribution in [0.15, 0.2) is 60.8 Å². The van der Waals surface area contributed by atoms with Gasteiger partial charge in [0.2, 0.25) is 0 Å². The lowest BCUT2D eigenvalue weighted by molar-refractivity contribution is 0.249. The Morgan fingerprint density at radius 2 is 1.73 bits per heavy atom. The van der Waals surface area contributed by atoms with E-state index in [2.05, 4.69) is 37.6 Å². The lowest BCUT2D eigenvalue weighted by atomic mass is 10.1. The molecule has 0 unspecified atom stereocenters. The molecule has 0 atom stereocenters. The Morgan fingerprint density at radius 1 is 0.970 bits per heavy atom. The van der Waals surface area contributed by atoms with Gasteiger partial charge in [0.1, 0.15) is 11.6 Å². The van der Waals surface area contributed by atoms with Crippen LogP contribution in [0.25, 0.3) is 0 Å². The number of carbonyl (C=O) groups is 1. The fraction of sp³-hybridized carbons (Fsp3) is 0.308. The molecule has 0 saturated carbocycles. The summed E-state index contributed by atoms with van der Waals surface area (Å²) in [7, 11) is 1.69. The number of anilines is 3. The van der Waals surface area contributed by atoms with Crippen LogP contribution in [0.5, 0.6) is 5.75 Å². The molecule has 1 saturated heterocycles. The van der Waals surface area contributed by atoms with Gasteiger partial charge in [-0.25, -0.2) is 9.78 Å². The van der Waals surface area contributed by atoms with Crippen molar-refractivity contribution in [3.63, 3.8) is 0 Å². The third-order valence-corrected chi connectivity index (χ3v) is 5.91. The molecule has 33 heavy (non-hydrogen) atoms. The lowest BCUT2D eigenvalue weighted by Crippen LogP contribution is -2.46. The Kier molecular flexibility index (Phi) is 7.10. The van der Waals surface area contributed by atoms with E-state index in [0.29, 0.717) is 5.69 Å². The molecule has 0 bridgehead atoms. The van der Waals surface area contributed by atoms with Crippen molar-refractivity contribution in [3.05, 3.63) is 77.5 Å². The second kappa shape index (κ2) is 10.4. The van der Waals surface area contributed by atoms with Crippen LogP contribution in [0.2, 0.25) is 0 Å². The van der Waals surface area contributed by atoms with E-state index in [1.54, 1.807) is 13.3 Å². The predicted octanol–water partition coefficient (Wildman–Crippen LogP) is 4.67. The number of benzene rings is 2. The van der Waals surface area contributed by atoms with Crippen LogP contribution in [0.3, 0.4) is 0 Å². The Hall–Kier alpha value is -3.58. The molecule has 1 aromatic heterocycles. The highest BCUT2D eigenvalue weighted by atomic mass is 16.5. The number of hydrogen-bond donors (Lipinski definition) is 2. The second-order valence-corrected chi connectivity index (χ2v) is 8.41. The quantitative estimate of drug-likeness (QED) is 0.577. The molecule has 0 radical (unpaired) electrons. The first-order chi connectivity index (χ1) is 16.0. The zero-order valence-electron chi connectivity index (χ0n) is 19.5. The van der Waals surface area contributed by atoms with Crippen LogP contribution in [0.1, 0.15) is 16.7 Å². The average molecular weight is 446 g/mol. The number of aromatic nitrogens is 1. The van der Waals surface area contributed by atoms with Crippen LogP contribution < -0.4 is 20.3 Å². The molecule has 3 aromatic rings. The molecule has 2 heterocycles. The fourth-order valence-electron chi connectivity index (χ4n) is 3.93. The minimum absolute atomic E-state index is 0.273. The first-order valence-electron chi connectivity index (χ1n) is 11.2. The van der Waals surface area contributed by atoms with Crippen LogP contribution in [-0.4, -0.2) is 49.2 Å². The highest BCUT2D eigenvalue weighted by molar-refractivity contribution is 6.00. The Balaban J connectivity index is 1.27. The van der Waals surface area contributed by atoms with Gasteiger partial charge in [-0.15, -0.1) is 0 Å². The molecule has 1 fully saturated rings. The van der Waals surface area contributed by atoms with Gasteiger partial charge in [0.05, 0.1) is 19.0 Å². The van der Waals surface area contributed by atoms with Crippen molar-refractivity contribution in [2.75, 3.05) is 48.8 Å². The Morgan fingerprint density at radius 3 is 2.39 bits per heavy atom. The molecule has 0 aliphatic carbocycles. The first-order valence-corrected chi connectivity index (χ1v) is 11.2. The number of amides is 2. The second-order valence-electron chi connectivity index (χ2n) is 8.41. The minimum atomic E-state index is -0.273. The van der Waals surface area contributed by atoms with Gasteiger partial charge in [0.15, 0.2) is 0 Å². The summed E-state index contributed by atoms with van der Waals surface area (Å²) < 4.78 is 5.23. The highest BCUT2D eigenvalue weighted by Crippen LogP contribution is 2.20. The summed E-state index contributed by atoms with van der Waals surface area (Å²) in [5.74, 6) is 1.81. The number of urea groups is 1. The summed E-state index contributed by atoms with van der Waals surface area (Å²) in [5, 5.41) is 5.77. The minimum Gasteiger partial charge on any atom is -0.497 e. The Bertz CT molecular complexity index is 1070. The molecule has 2 amide bonds. The van der Waals surface area contributed by atoms with E-state index in [9.17, 15) is 4.79 Å². The SMILES string of the molecule is COc1ccc(CN2CCN(c3ccc(NC(=O)Nc4cc(C)ccc4C)cn3)CC2)cc1. The molecule has 0 spiro atoms. The average Bonchev–Trinajstić information content (AvgIpc) is 2.83. The van der Waals surface area contributed by atoms with Gasteiger partial charge in [-0.05, 0) is 60.9 Å². The van der Waals surface area contributed by atoms with E-state index in [0.717, 1.165) is 61.1 Å². The molecule has 1 aliphatic rings. The fourth-order valence-corrected chi connectivity index (χ4v) is 3.93. The standard InChI is InChI=1S/C26H31N5O2/c1-19-4-5-20(2)24(16-19)29-26(32)28-22-8-11-25(27-17-22)31-14-12-30(13-15-31)18-21-6-9-23(33-3)10-7-21/h4-11,16-17H,12-15,18H2,1-3H3,(H2,28,29,32). The number of nitrogens with zero attached hydrogens (tertiary/aromatic N) is 3. The van der Waals surface area contributed by atoms with Crippen molar-refractivity contribution < 1.29 is 9.53 Å². The number of pyridine rings is 1. The van der Waals surface area contributed by atoms with Crippen LogP contribution in [-0.2, 0) is 6.54 Å². The van der Waals surface area contributed by atoms with Gasteiger partial charge in [0.25, 0.3) is 0 Å². The van der Waals surface area contributed by atoms with E-state index in [1.807, 2.05) is 56.3 Å². The molecule has 2 N–H and O–H groups in total. The van der Waals surface area contributed by atoms with E-state index in [1.165, 1.54) is 5.56 Å². The summed E-state index contributed by atoms with van der Waals surface area (Å²) in [6.07, 6.45) is 1.71. The number of ether oxygens (including phenoxy) is 1. The topological polar surface area (TPSA) is 69.7 Å². The lowest BCUT2D eigenvalue weighted by Gasteiger charge is -2.35. The normalized spacial score (nSPS) is 14.1. The summed E-state index contributed by atoms with van der Waals surface area (Å²) in [4.78, 5) is 21.7. The van der Waals surface area contributed by atoms with Crippen molar-refractivity contribution in [2.45, 2.75) is 20.4 Å². The third-order valence-electron chi connectivity index (χ3n) is 5.91. The summed E-state index contributed by atoms with van der Waals surface area (Å²) in [6, 6.07) is 17.8. The number of piperazine rings is 1. The molecule has 7 nitrogen and oxygen atoms in total. The maximum atomic E-state index is 12.4. The molecule has 2 aromatic carbocycles. The van der Waals surface area contributed by atoms with Crippen molar-refractivity contribution in [3.8, 4) is 5.75 Å². The smallest absolute Gasteiger partial charge is 0.323 e. The number of nitrogens with one attached hydrogen (secondary N) is 2. The zero-order chi connectivity index (χ0) is 23.2. The molecule has 4 rings (SSSR count). The van der Waals surface area contributed by atoms with E-state index < -0.39 is 0 Å². The summed E-state index contributed by atoms with van der Waals surface area (Å²) in [6.45, 7) is 8.71. The van der Waals surface area contributed by atoms with E-state index in [-0.39, 0.29) is 6.03 Å². The van der Waals surface area contributed by atoms with Gasteiger partial charge >= 0.3 is 6.03 Å². The summed E-state index contributed by atoms with van der Waals surface area (Å²) in [5.41, 5.74) is 4.89. The van der Waals surface area contributed by atoms with Gasteiger partial charge in [-0.3, -0.25) is 4.90 Å². The number of rotatable bonds is 6. The van der Waals surface area contributed by atoms with Crippen LogP contribution in [0.4, 0.5) is 22.0 Å². The van der Waals surface area contributed by atoms with E-state index in [4.69, 9.17) is 4.74 Å². The number of aryl methyl sites for hydroxylation is 2. The highest BCUT2D eigenvalue weighted by Gasteiger charge is 2.18. The molecule has 7 heteroatoms. The van der Waals surface area contributed by atoms with Crippen molar-refractivity contribution in [1.82, 2.24) is 9.88 Å². The predicted molar refractivity (Wildman–Crippen MR) is 133 cm³/mol. The maximum absolute atomic E-state index is 12.4. The first kappa shape index (κ1) is 22.6. The third kappa shape index (κ3) is 6.02. The zero-order valence-corrected chi connectivity index (χ0v) is 19.5. The van der Waals surface area contributed by atoms with Gasteiger partial charge in [-0.2, -0.15) is 0 Å². The molecular formula is C26H31N5O2. The Labute approximate surface area is 195 Å². The van der Waals surface area contributed by atoms with E-state index >= 15 is 0 Å². The van der Waals surface area contributed by atoms with Gasteiger partial charge in [0, 0.05) is 38.4 Å². The molecule has 1 aliphatic heterocycles. The number of methoxy groups -OCH3 is 1. The van der Waals surface area contributed by atoms with Crippen molar-refractivity contribution in [1.29, 1.82) is 0 Å².